The first-order valence-electron chi connectivity index (χ1n) is 26.1. The fourth-order valence-corrected chi connectivity index (χ4v) is 11.4. The van der Waals surface area contributed by atoms with Crippen molar-refractivity contribution in [2.45, 2.75) is 104 Å². The number of nitrogens with zero attached hydrogens (tertiary/aromatic N) is 11. The molecule has 4 aliphatic rings. The van der Waals surface area contributed by atoms with E-state index in [-0.39, 0.29) is 98.5 Å². The molecule has 2 saturated carbocycles. The number of aromatic nitrogens is 10. The molecule has 2 saturated heterocycles. The van der Waals surface area contributed by atoms with Crippen LogP contribution in [0.1, 0.15) is 83.3 Å². The minimum atomic E-state index is -1.17. The number of rotatable bonds is 12. The van der Waals surface area contributed by atoms with Crippen molar-refractivity contribution in [3.63, 3.8) is 0 Å². The van der Waals surface area contributed by atoms with E-state index in [4.69, 9.17) is 16.6 Å². The average molecular weight is 1300 g/mol. The number of piperidine rings is 2. The van der Waals surface area contributed by atoms with Crippen LogP contribution in [0.5, 0.6) is 0 Å². The first-order chi connectivity index (χ1) is 39.3. The van der Waals surface area contributed by atoms with Gasteiger partial charge in [0.2, 0.25) is 17.7 Å². The molecule has 6 aromatic heterocycles. The van der Waals surface area contributed by atoms with Gasteiger partial charge in [0.05, 0.1) is 27.8 Å². The van der Waals surface area contributed by atoms with Crippen LogP contribution in [0.25, 0.3) is 44.1 Å². The van der Waals surface area contributed by atoms with Gasteiger partial charge in [-0.15, -0.1) is 12.4 Å². The molecule has 8 aromatic rings. The number of amides is 5. The summed E-state index contributed by atoms with van der Waals surface area (Å²) in [6.07, 6.45) is 9.30. The van der Waals surface area contributed by atoms with E-state index >= 15 is 4.39 Å². The second-order valence-corrected chi connectivity index (χ2v) is 23.2. The molecule has 2 aliphatic heterocycles. The van der Waals surface area contributed by atoms with Gasteiger partial charge < -0.3 is 37.4 Å². The summed E-state index contributed by atoms with van der Waals surface area (Å²) in [4.78, 5) is 101. The molecular formula is C56H55Br2ClF2N16O7. The number of aliphatic carboxylic acids is 1. The van der Waals surface area contributed by atoms with Crippen LogP contribution in [0.15, 0.2) is 82.5 Å². The number of halogens is 5. The van der Waals surface area contributed by atoms with E-state index in [1.54, 1.807) is 30.9 Å². The first kappa shape index (κ1) is 60.3. The molecule has 28 heteroatoms. The van der Waals surface area contributed by atoms with Crippen molar-refractivity contribution in [2.24, 2.45) is 22.3 Å². The lowest BCUT2D eigenvalue weighted by molar-refractivity contribution is -0.138. The van der Waals surface area contributed by atoms with Gasteiger partial charge in [-0.25, -0.2) is 38.7 Å². The van der Waals surface area contributed by atoms with E-state index in [9.17, 15) is 33.2 Å². The van der Waals surface area contributed by atoms with Crippen molar-refractivity contribution in [3.8, 4) is 22.3 Å². The molecule has 0 radical (unpaired) electrons. The van der Waals surface area contributed by atoms with E-state index in [1.807, 2.05) is 39.0 Å². The monoisotopic (exact) mass is 1290 g/mol. The van der Waals surface area contributed by atoms with Gasteiger partial charge in [-0.05, 0) is 144 Å². The largest absolute Gasteiger partial charge is 0.480 e. The number of benzene rings is 2. The molecule has 4 fully saturated rings. The lowest BCUT2D eigenvalue weighted by Gasteiger charge is -2.27. The highest BCUT2D eigenvalue weighted by Gasteiger charge is 2.64. The fraction of sp³-hybridized carbons (Fsp3) is 0.321. The number of nitrogens with one attached hydrogen (secondary N) is 3. The predicted molar refractivity (Wildman–Crippen MR) is 313 cm³/mol. The number of carboxylic acids is 1. The molecule has 0 bridgehead atoms. The highest BCUT2D eigenvalue weighted by molar-refractivity contribution is 9.10. The van der Waals surface area contributed by atoms with Gasteiger partial charge in [-0.2, -0.15) is 10.2 Å². The number of fused-ring (bicyclic) bond motifs is 4. The SMILES string of the molecule is Cc1ccc(Br)nc1NC(=O)[C@@H]1C[C@@]2(C)C[C@H]2N1.Cc1ncc(-c2ccc3c(c(C(N)=O)nn3CC(=O)N3[C@H](C(=O)Nc4nc(Br)ccc4C)C[C@@]4(C)C[C@@H]34)c2F)cn1.Cc1ncc(-c2ccc3c(c(C(N)=O)nn3CC(=O)O)c2F)cn1.Cl. The molecule has 0 unspecified atom stereocenters. The number of likely N-dealkylation sites (tertiary alicyclic amines) is 1. The van der Waals surface area contributed by atoms with E-state index in [1.165, 1.54) is 54.1 Å². The summed E-state index contributed by atoms with van der Waals surface area (Å²) in [5, 5.41) is 25.9. The van der Waals surface area contributed by atoms with E-state index in [0.29, 0.717) is 56.9 Å². The van der Waals surface area contributed by atoms with Gasteiger partial charge >= 0.3 is 5.97 Å². The van der Waals surface area contributed by atoms with Crippen molar-refractivity contribution in [2.75, 3.05) is 10.6 Å². The highest BCUT2D eigenvalue weighted by atomic mass is 79.9. The summed E-state index contributed by atoms with van der Waals surface area (Å²) in [7, 11) is 0. The number of hydrogen-bond donors (Lipinski definition) is 6. The summed E-state index contributed by atoms with van der Waals surface area (Å²) < 4.78 is 34.4. The van der Waals surface area contributed by atoms with E-state index in [2.05, 4.69) is 94.8 Å². The Bertz CT molecular complexity index is 4000. The van der Waals surface area contributed by atoms with E-state index < -0.39 is 42.0 Å². The van der Waals surface area contributed by atoms with Crippen molar-refractivity contribution in [3.05, 3.63) is 128 Å². The molecule has 5 amide bonds. The van der Waals surface area contributed by atoms with Crippen LogP contribution in [-0.2, 0) is 32.3 Å². The molecule has 6 atom stereocenters. The van der Waals surface area contributed by atoms with Gasteiger partial charge in [-0.3, -0.25) is 38.1 Å². The minimum Gasteiger partial charge on any atom is -0.480 e. The zero-order valence-corrected chi connectivity index (χ0v) is 49.9. The number of hydrogen-bond acceptors (Lipinski definition) is 15. The average Bonchev–Trinajstić information content (AvgIpc) is 2.57. The van der Waals surface area contributed by atoms with Crippen LogP contribution in [0.3, 0.4) is 0 Å². The van der Waals surface area contributed by atoms with Gasteiger partial charge in [0.15, 0.2) is 11.4 Å². The Kier molecular flexibility index (Phi) is 16.8. The Morgan fingerprint density at radius 2 is 1.12 bits per heavy atom. The molecule has 23 nitrogen and oxygen atoms in total. The maximum Gasteiger partial charge on any atom is 0.325 e. The Balaban J connectivity index is 0.000000166. The Labute approximate surface area is 500 Å². The van der Waals surface area contributed by atoms with Gasteiger partial charge in [0, 0.05) is 59.1 Å². The Hall–Kier alpha value is -8.27. The van der Waals surface area contributed by atoms with Gasteiger partial charge in [-0.1, -0.05) is 26.0 Å². The quantitative estimate of drug-likeness (QED) is 0.0653. The van der Waals surface area contributed by atoms with Gasteiger partial charge in [0.25, 0.3) is 11.8 Å². The van der Waals surface area contributed by atoms with Crippen LogP contribution < -0.4 is 27.4 Å². The summed E-state index contributed by atoms with van der Waals surface area (Å²) in [6, 6.07) is 13.1. The highest BCUT2D eigenvalue weighted by Crippen LogP contribution is 2.59. The predicted octanol–water partition coefficient (Wildman–Crippen LogP) is 7.30. The number of anilines is 2. The smallest absolute Gasteiger partial charge is 0.325 e. The number of pyridine rings is 2. The van der Waals surface area contributed by atoms with Crippen LogP contribution in [0.2, 0.25) is 0 Å². The van der Waals surface area contributed by atoms with Crippen LogP contribution in [-0.4, -0.2) is 119 Å². The van der Waals surface area contributed by atoms with Crippen molar-refractivity contribution < 1.29 is 42.7 Å². The molecule has 2 aromatic carbocycles. The number of carbonyl (C=O) groups is 6. The molecule has 2 aliphatic carbocycles. The molecular weight excluding hydrogens is 1240 g/mol. The number of nitrogens with two attached hydrogens (primary N) is 2. The summed E-state index contributed by atoms with van der Waals surface area (Å²) in [5.74, 6) is -3.05. The van der Waals surface area contributed by atoms with Crippen molar-refractivity contribution >= 4 is 113 Å². The molecule has 8 N–H and O–H groups in total. The third-order valence-corrected chi connectivity index (χ3v) is 16.4. The third kappa shape index (κ3) is 12.1. The summed E-state index contributed by atoms with van der Waals surface area (Å²) in [5.41, 5.74) is 13.7. The Morgan fingerprint density at radius 1 is 0.655 bits per heavy atom. The third-order valence-electron chi connectivity index (χ3n) is 15.5. The number of primary amides is 2. The maximum atomic E-state index is 15.8. The fourth-order valence-electron chi connectivity index (χ4n) is 10.8. The second kappa shape index (κ2) is 23.4. The van der Waals surface area contributed by atoms with Gasteiger partial charge in [0.1, 0.15) is 63.3 Å². The summed E-state index contributed by atoms with van der Waals surface area (Å²) >= 11 is 6.64. The first-order valence-corrected chi connectivity index (χ1v) is 27.6. The summed E-state index contributed by atoms with van der Waals surface area (Å²) in [6.45, 7) is 10.7. The number of aryl methyl sites for hydroxylation is 4. The topological polar surface area (TPSA) is 327 Å². The molecule has 0 spiro atoms. The lowest BCUT2D eigenvalue weighted by Crippen LogP contribution is -2.47. The molecule has 8 heterocycles. The normalized spacial score (nSPS) is 20.5. The van der Waals surface area contributed by atoms with Crippen molar-refractivity contribution in [1.29, 1.82) is 0 Å². The van der Waals surface area contributed by atoms with Crippen LogP contribution >= 0.6 is 44.3 Å². The van der Waals surface area contributed by atoms with Crippen molar-refractivity contribution in [1.82, 2.24) is 59.7 Å². The minimum absolute atomic E-state index is 0. The molecule has 84 heavy (non-hydrogen) atoms. The number of carbonyl (C=O) groups excluding carboxylic acids is 5. The Morgan fingerprint density at radius 3 is 1.56 bits per heavy atom. The number of carboxylic acid groups (broad SMARTS) is 1. The van der Waals surface area contributed by atoms with Crippen LogP contribution in [0, 0.1) is 50.2 Å². The molecule has 12 rings (SSSR count). The van der Waals surface area contributed by atoms with E-state index in [0.717, 1.165) is 33.3 Å². The van der Waals surface area contributed by atoms with Crippen LogP contribution in [0.4, 0.5) is 20.4 Å². The lowest BCUT2D eigenvalue weighted by atomic mass is 10.0. The second-order valence-electron chi connectivity index (χ2n) is 21.6. The zero-order valence-electron chi connectivity index (χ0n) is 45.9. The molecule has 436 valence electrons. The standard InChI is InChI=1S/C28H26BrFN8O3.C15H12FN5O3.C13H16BrN3O.ClH/c1-13-4-7-20(29)34-26(13)35-27(41)18-8-28(3)9-19(28)38(18)21(39)12-37-17-6-5-16(15-10-32-14(2)33-11-15)23(30)22(17)24(36-37)25(31)40;1-7-18-4-8(5-19-7)9-2-3-10-12(13(9)16)14(15(17)24)20-21(10)6-11(22)23;1-7-3-4-10(14)16-11(7)17-12(18)8-5-13(2)6-9(13)15-8;/h4-7,10-11,18-19H,8-9,12H2,1-3H3,(H2,31,40)(H,34,35,41);2-5H,6H2,1H3,(H2,17,24)(H,22,23);3-4,8-9,15H,5-6H2,1-2H3,(H,16,17,18);1H/t18-,19+,28-;;8-,9+,13-;/m0.0./s1. The maximum absolute atomic E-state index is 15.8. The zero-order chi connectivity index (χ0) is 59.6.